The monoisotopic (exact) mass is 287 g/mol. The van der Waals surface area contributed by atoms with E-state index in [1.165, 1.54) is 32.1 Å². The van der Waals surface area contributed by atoms with Crippen LogP contribution in [-0.2, 0) is 0 Å². The Bertz CT molecular complexity index is 520. The normalized spacial score (nSPS) is 25.2. The number of nitrogens with one attached hydrogen (secondary N) is 1. The molecule has 1 aliphatic heterocycles. The first-order valence-electron chi connectivity index (χ1n) is 8.24. The van der Waals surface area contributed by atoms with E-state index in [0.717, 1.165) is 17.9 Å². The molecule has 114 valence electrons. The highest BCUT2D eigenvalue weighted by Crippen LogP contribution is 2.40. The minimum absolute atomic E-state index is 0.0127. The number of hydrogen-bond acceptors (Lipinski definition) is 2. The van der Waals surface area contributed by atoms with Crippen LogP contribution in [0, 0.1) is 5.92 Å². The van der Waals surface area contributed by atoms with Crippen molar-refractivity contribution in [3.05, 3.63) is 29.3 Å². The van der Waals surface area contributed by atoms with Crippen molar-refractivity contribution >= 4 is 5.91 Å². The number of ether oxygens (including phenoxy) is 1. The molecule has 3 rings (SSSR count). The number of hydrogen-bond donors (Lipinski definition) is 1. The van der Waals surface area contributed by atoms with E-state index in [1.807, 2.05) is 12.1 Å². The maximum atomic E-state index is 12.5. The molecule has 0 saturated heterocycles. The number of benzene rings is 1. The van der Waals surface area contributed by atoms with Crippen molar-refractivity contribution in [3.8, 4) is 5.75 Å². The maximum Gasteiger partial charge on any atom is 0.255 e. The van der Waals surface area contributed by atoms with E-state index in [9.17, 15) is 4.79 Å². The van der Waals surface area contributed by atoms with Crippen molar-refractivity contribution in [2.24, 2.45) is 5.92 Å². The van der Waals surface area contributed by atoms with Gasteiger partial charge < -0.3 is 10.1 Å². The molecule has 21 heavy (non-hydrogen) atoms. The van der Waals surface area contributed by atoms with Crippen molar-refractivity contribution in [3.63, 3.8) is 0 Å². The lowest BCUT2D eigenvalue weighted by Gasteiger charge is -2.22. The van der Waals surface area contributed by atoms with Crippen LogP contribution in [-0.4, -0.2) is 18.6 Å². The first kappa shape index (κ1) is 14.4. The highest BCUT2D eigenvalue weighted by atomic mass is 16.5. The Labute approximate surface area is 127 Å². The highest BCUT2D eigenvalue weighted by molar-refractivity contribution is 5.97. The van der Waals surface area contributed by atoms with E-state index in [2.05, 4.69) is 25.2 Å². The Morgan fingerprint density at radius 2 is 2.00 bits per heavy atom. The van der Waals surface area contributed by atoms with Crippen LogP contribution in [0.4, 0.5) is 0 Å². The molecule has 0 bridgehead atoms. The van der Waals surface area contributed by atoms with Gasteiger partial charge in [-0.15, -0.1) is 0 Å². The number of carbonyl (C=O) groups is 1. The predicted octanol–water partition coefficient (Wildman–Crippen LogP) is 3.88. The smallest absolute Gasteiger partial charge is 0.255 e. The molecule has 3 nitrogen and oxygen atoms in total. The van der Waals surface area contributed by atoms with Gasteiger partial charge >= 0.3 is 0 Å². The summed E-state index contributed by atoms with van der Waals surface area (Å²) in [6.45, 7) is 5.02. The lowest BCUT2D eigenvalue weighted by atomic mass is 9.89. The molecule has 1 aromatic carbocycles. The summed E-state index contributed by atoms with van der Waals surface area (Å²) in [5, 5.41) is 3.11. The predicted molar refractivity (Wildman–Crippen MR) is 83.9 cm³/mol. The van der Waals surface area contributed by atoms with Gasteiger partial charge in [0.25, 0.3) is 5.91 Å². The Hall–Kier alpha value is -1.51. The molecular weight excluding hydrogens is 262 g/mol. The second-order valence-corrected chi connectivity index (χ2v) is 6.55. The molecule has 1 aromatic rings. The van der Waals surface area contributed by atoms with E-state index in [-0.39, 0.29) is 12.0 Å². The first-order chi connectivity index (χ1) is 10.2. The van der Waals surface area contributed by atoms with Crippen LogP contribution in [0.25, 0.3) is 0 Å². The van der Waals surface area contributed by atoms with Crippen molar-refractivity contribution in [1.82, 2.24) is 5.32 Å². The summed E-state index contributed by atoms with van der Waals surface area (Å²) in [6, 6.07) is 5.91. The summed E-state index contributed by atoms with van der Waals surface area (Å²) in [5.41, 5.74) is 1.85. The number of carbonyl (C=O) groups excluding carboxylic acids is 1. The molecule has 3 heteroatoms. The molecule has 1 saturated carbocycles. The zero-order chi connectivity index (χ0) is 14.8. The summed E-state index contributed by atoms with van der Waals surface area (Å²) < 4.78 is 5.90. The lowest BCUT2D eigenvalue weighted by molar-refractivity contribution is 0.0938. The molecule has 0 unspecified atom stereocenters. The molecule has 0 aromatic heterocycles. The Balaban J connectivity index is 1.68. The summed E-state index contributed by atoms with van der Waals surface area (Å²) in [4.78, 5) is 12.5. The molecule has 1 aliphatic carbocycles. The van der Waals surface area contributed by atoms with E-state index >= 15 is 0 Å². The van der Waals surface area contributed by atoms with Crippen LogP contribution >= 0.6 is 0 Å². The van der Waals surface area contributed by atoms with Gasteiger partial charge in [0.05, 0.1) is 5.56 Å². The van der Waals surface area contributed by atoms with Crippen LogP contribution < -0.4 is 10.1 Å². The van der Waals surface area contributed by atoms with Crippen LogP contribution in [0.5, 0.6) is 5.75 Å². The van der Waals surface area contributed by atoms with E-state index in [0.29, 0.717) is 17.4 Å². The molecular formula is C18H25NO2. The van der Waals surface area contributed by atoms with Gasteiger partial charge in [0.2, 0.25) is 0 Å². The van der Waals surface area contributed by atoms with Crippen LogP contribution in [0.3, 0.4) is 0 Å². The maximum absolute atomic E-state index is 12.5. The number of para-hydroxylation sites is 1. The van der Waals surface area contributed by atoms with E-state index in [1.54, 1.807) is 0 Å². The van der Waals surface area contributed by atoms with Gasteiger partial charge in [0.15, 0.2) is 0 Å². The van der Waals surface area contributed by atoms with Gasteiger partial charge in [-0.05, 0) is 31.7 Å². The zero-order valence-corrected chi connectivity index (χ0v) is 13.0. The fourth-order valence-corrected chi connectivity index (χ4v) is 3.49. The summed E-state index contributed by atoms with van der Waals surface area (Å²) in [6.07, 6.45) is 6.60. The molecule has 1 heterocycles. The average Bonchev–Trinajstić information content (AvgIpc) is 2.81. The van der Waals surface area contributed by atoms with E-state index < -0.39 is 0 Å². The number of fused-ring (bicyclic) bond motifs is 1. The highest BCUT2D eigenvalue weighted by Gasteiger charge is 2.31. The van der Waals surface area contributed by atoms with Crippen molar-refractivity contribution in [2.75, 3.05) is 6.54 Å². The third-order valence-corrected chi connectivity index (χ3v) is 5.06. The van der Waals surface area contributed by atoms with Gasteiger partial charge in [-0.3, -0.25) is 4.79 Å². The van der Waals surface area contributed by atoms with Gasteiger partial charge in [-0.25, -0.2) is 0 Å². The fourth-order valence-electron chi connectivity index (χ4n) is 3.49. The SMILES string of the molecule is C[C@@H]1Oc2c(C(=O)NCC3CCCCC3)cccc2[C@@H]1C. The van der Waals surface area contributed by atoms with Crippen LogP contribution in [0.1, 0.15) is 67.8 Å². The third kappa shape index (κ3) is 2.92. The number of rotatable bonds is 3. The van der Waals surface area contributed by atoms with E-state index in [4.69, 9.17) is 4.74 Å². The molecule has 2 aliphatic rings. The first-order valence-corrected chi connectivity index (χ1v) is 8.24. The molecule has 0 radical (unpaired) electrons. The summed E-state index contributed by atoms with van der Waals surface area (Å²) in [5.74, 6) is 1.81. The van der Waals surface area contributed by atoms with Crippen LogP contribution in [0.15, 0.2) is 18.2 Å². The Morgan fingerprint density at radius 3 is 2.76 bits per heavy atom. The van der Waals surface area contributed by atoms with Crippen molar-refractivity contribution in [2.45, 2.75) is 58.0 Å². The summed E-state index contributed by atoms with van der Waals surface area (Å²) in [7, 11) is 0. The van der Waals surface area contributed by atoms with Crippen molar-refractivity contribution < 1.29 is 9.53 Å². The molecule has 2 atom stereocenters. The number of amides is 1. The van der Waals surface area contributed by atoms with Gasteiger partial charge in [0, 0.05) is 18.0 Å². The topological polar surface area (TPSA) is 38.3 Å². The largest absolute Gasteiger partial charge is 0.489 e. The fraction of sp³-hybridized carbons (Fsp3) is 0.611. The third-order valence-electron chi connectivity index (χ3n) is 5.06. The second-order valence-electron chi connectivity index (χ2n) is 6.55. The molecule has 1 amide bonds. The minimum atomic E-state index is 0.0127. The lowest BCUT2D eigenvalue weighted by Crippen LogP contribution is -2.30. The van der Waals surface area contributed by atoms with Gasteiger partial charge in [-0.1, -0.05) is 38.3 Å². The quantitative estimate of drug-likeness (QED) is 0.916. The minimum Gasteiger partial charge on any atom is -0.489 e. The Morgan fingerprint density at radius 1 is 1.24 bits per heavy atom. The average molecular weight is 287 g/mol. The van der Waals surface area contributed by atoms with Gasteiger partial charge in [-0.2, -0.15) is 0 Å². The van der Waals surface area contributed by atoms with Gasteiger partial charge in [0.1, 0.15) is 11.9 Å². The zero-order valence-electron chi connectivity index (χ0n) is 13.0. The second kappa shape index (κ2) is 6.08. The standard InChI is InChI=1S/C18H25NO2/c1-12-13(2)21-17-15(12)9-6-10-16(17)18(20)19-11-14-7-4-3-5-8-14/h6,9-10,12-14H,3-5,7-8,11H2,1-2H3,(H,19,20)/t12-,13+/m1/s1. The Kier molecular flexibility index (Phi) is 4.18. The van der Waals surface area contributed by atoms with Crippen molar-refractivity contribution in [1.29, 1.82) is 0 Å². The summed E-state index contributed by atoms with van der Waals surface area (Å²) >= 11 is 0. The molecule has 1 N–H and O–H groups in total. The molecule has 0 spiro atoms. The molecule has 1 fully saturated rings. The van der Waals surface area contributed by atoms with Crippen LogP contribution in [0.2, 0.25) is 0 Å².